The molecule has 2 aromatic heterocycles. The summed E-state index contributed by atoms with van der Waals surface area (Å²) in [7, 11) is 0. The minimum absolute atomic E-state index is 0.231. The van der Waals surface area contributed by atoms with Gasteiger partial charge >= 0.3 is 0 Å². The average Bonchev–Trinajstić information content (AvgIpc) is 3.28. The molecule has 0 bridgehead atoms. The largest absolute Gasteiger partial charge is 0.457 e. The van der Waals surface area contributed by atoms with Crippen molar-refractivity contribution in [3.8, 4) is 0 Å². The lowest BCUT2D eigenvalue weighted by Gasteiger charge is -2.03. The van der Waals surface area contributed by atoms with Gasteiger partial charge in [0.25, 0.3) is 0 Å². The molecular weight excluding hydrogens is 424 g/mol. The third-order valence-corrected chi connectivity index (χ3v) is 3.80. The molecule has 0 atom stereocenters. The Morgan fingerprint density at radius 3 is 1.32 bits per heavy atom. The van der Waals surface area contributed by atoms with Gasteiger partial charge in [-0.1, -0.05) is 0 Å². The fraction of sp³-hybridized carbons (Fsp3) is 0.429. The third kappa shape index (κ3) is 4.21. The zero-order chi connectivity index (χ0) is 15.4. The van der Waals surface area contributed by atoms with Gasteiger partial charge in [0, 0.05) is 11.1 Å². The van der Waals surface area contributed by atoms with E-state index in [0.29, 0.717) is 35.8 Å². The van der Waals surface area contributed by atoms with Crippen molar-refractivity contribution in [3.63, 3.8) is 0 Å². The van der Waals surface area contributed by atoms with Crippen LogP contribution in [0.15, 0.2) is 42.8 Å². The van der Waals surface area contributed by atoms with E-state index in [0.717, 1.165) is 11.1 Å². The predicted molar refractivity (Wildman–Crippen MR) is 82.1 cm³/mol. The van der Waals surface area contributed by atoms with Gasteiger partial charge < -0.3 is 27.8 Å². The fourth-order valence-corrected chi connectivity index (χ4v) is 2.71. The highest BCUT2D eigenvalue weighted by atomic mass is 79.9. The van der Waals surface area contributed by atoms with E-state index in [1.807, 2.05) is 12.1 Å². The predicted octanol–water partition coefficient (Wildman–Crippen LogP) is 4.18. The van der Waals surface area contributed by atoms with Crippen molar-refractivity contribution in [1.29, 1.82) is 0 Å². The normalized spacial score (nSPS) is 19.4. The first-order valence-corrected chi connectivity index (χ1v) is 8.25. The molecule has 0 unspecified atom stereocenters. The van der Waals surface area contributed by atoms with Gasteiger partial charge in [-0.3, -0.25) is 0 Å². The molecule has 0 spiro atoms. The minimum Gasteiger partial charge on any atom is -0.457 e. The van der Waals surface area contributed by atoms with Crippen LogP contribution in [0.5, 0.6) is 0 Å². The van der Waals surface area contributed by atoms with E-state index in [1.165, 1.54) is 0 Å². The highest BCUT2D eigenvalue weighted by Gasteiger charge is 2.20. The number of rotatable bonds is 2. The van der Waals surface area contributed by atoms with Crippen LogP contribution in [0.25, 0.3) is 0 Å². The Bertz CT molecular complexity index is 531. The van der Waals surface area contributed by atoms with E-state index in [4.69, 9.17) is 27.8 Å². The standard InChI is InChI=1S/2C7H7BrO3/c2*8-6-3-5(4-11-6)7-9-1-2-10-7/h2*3-4,7H,1-2H2. The topological polar surface area (TPSA) is 63.2 Å². The molecule has 6 nitrogen and oxygen atoms in total. The lowest BCUT2D eigenvalue weighted by molar-refractivity contribution is -0.0446. The maximum absolute atomic E-state index is 5.25. The molecule has 4 rings (SSSR count). The quantitative estimate of drug-likeness (QED) is 0.702. The number of hydrogen-bond acceptors (Lipinski definition) is 6. The molecule has 120 valence electrons. The summed E-state index contributed by atoms with van der Waals surface area (Å²) < 4.78 is 32.5. The van der Waals surface area contributed by atoms with Gasteiger partial charge in [0.2, 0.25) is 0 Å². The first kappa shape index (κ1) is 16.2. The van der Waals surface area contributed by atoms with Gasteiger partial charge in [0.05, 0.1) is 26.4 Å². The summed E-state index contributed by atoms with van der Waals surface area (Å²) >= 11 is 6.40. The Labute approximate surface area is 143 Å². The van der Waals surface area contributed by atoms with Crippen molar-refractivity contribution < 1.29 is 27.8 Å². The maximum Gasteiger partial charge on any atom is 0.187 e. The van der Waals surface area contributed by atoms with Crippen molar-refractivity contribution in [1.82, 2.24) is 0 Å². The first-order chi connectivity index (χ1) is 10.7. The van der Waals surface area contributed by atoms with Gasteiger partial charge in [-0.2, -0.15) is 0 Å². The molecule has 0 saturated carbocycles. The molecule has 0 N–H and O–H groups in total. The van der Waals surface area contributed by atoms with Crippen LogP contribution in [0, 0.1) is 0 Å². The number of ether oxygens (including phenoxy) is 4. The molecule has 4 heterocycles. The van der Waals surface area contributed by atoms with Crippen LogP contribution in [0.1, 0.15) is 23.7 Å². The molecule has 0 aliphatic carbocycles. The molecule has 0 amide bonds. The van der Waals surface area contributed by atoms with E-state index in [-0.39, 0.29) is 12.6 Å². The summed E-state index contributed by atoms with van der Waals surface area (Å²) in [5.41, 5.74) is 1.85. The average molecular weight is 438 g/mol. The van der Waals surface area contributed by atoms with Gasteiger partial charge in [0.15, 0.2) is 21.9 Å². The summed E-state index contributed by atoms with van der Waals surface area (Å²) in [5.74, 6) is 0. The van der Waals surface area contributed by atoms with Crippen LogP contribution in [0.4, 0.5) is 0 Å². The van der Waals surface area contributed by atoms with Crippen molar-refractivity contribution in [2.45, 2.75) is 12.6 Å². The highest BCUT2D eigenvalue weighted by molar-refractivity contribution is 9.10. The van der Waals surface area contributed by atoms with Crippen LogP contribution in [-0.4, -0.2) is 26.4 Å². The molecule has 2 fully saturated rings. The molecule has 0 aromatic carbocycles. The molecule has 22 heavy (non-hydrogen) atoms. The fourth-order valence-electron chi connectivity index (χ4n) is 2.00. The Kier molecular flexibility index (Phi) is 5.72. The van der Waals surface area contributed by atoms with Crippen LogP contribution >= 0.6 is 31.9 Å². The minimum atomic E-state index is -0.231. The van der Waals surface area contributed by atoms with E-state index in [1.54, 1.807) is 12.5 Å². The zero-order valence-corrected chi connectivity index (χ0v) is 14.7. The Morgan fingerprint density at radius 1 is 0.682 bits per heavy atom. The van der Waals surface area contributed by atoms with E-state index in [9.17, 15) is 0 Å². The number of furan rings is 2. The second-order valence-corrected chi connectivity index (χ2v) is 6.08. The SMILES string of the molecule is Brc1cc(C2OCCO2)co1.Brc1cc(C2OCCO2)co1. The van der Waals surface area contributed by atoms with Crippen molar-refractivity contribution in [2.75, 3.05) is 26.4 Å². The van der Waals surface area contributed by atoms with Crippen LogP contribution in [0.2, 0.25) is 0 Å². The number of hydrogen-bond donors (Lipinski definition) is 0. The van der Waals surface area contributed by atoms with E-state index in [2.05, 4.69) is 31.9 Å². The maximum atomic E-state index is 5.25. The summed E-state index contributed by atoms with van der Waals surface area (Å²) in [6.07, 6.45) is 2.79. The summed E-state index contributed by atoms with van der Waals surface area (Å²) in [5, 5.41) is 0. The second-order valence-electron chi connectivity index (χ2n) is 4.52. The smallest absolute Gasteiger partial charge is 0.187 e. The monoisotopic (exact) mass is 436 g/mol. The Morgan fingerprint density at radius 2 is 1.05 bits per heavy atom. The van der Waals surface area contributed by atoms with Crippen LogP contribution in [-0.2, 0) is 18.9 Å². The van der Waals surface area contributed by atoms with Gasteiger partial charge in [-0.25, -0.2) is 0 Å². The third-order valence-electron chi connectivity index (χ3n) is 2.96. The van der Waals surface area contributed by atoms with Crippen molar-refractivity contribution in [2.24, 2.45) is 0 Å². The van der Waals surface area contributed by atoms with Crippen LogP contribution < -0.4 is 0 Å². The summed E-state index contributed by atoms with van der Waals surface area (Å²) in [4.78, 5) is 0. The molecular formula is C14H14Br2O6. The first-order valence-electron chi connectivity index (χ1n) is 6.66. The molecule has 8 heteroatoms. The van der Waals surface area contributed by atoms with Crippen LogP contribution in [0.3, 0.4) is 0 Å². The lowest BCUT2D eigenvalue weighted by atomic mass is 10.3. The summed E-state index contributed by atoms with van der Waals surface area (Å²) in [6.45, 7) is 2.64. The van der Waals surface area contributed by atoms with E-state index < -0.39 is 0 Å². The molecule has 0 radical (unpaired) electrons. The summed E-state index contributed by atoms with van der Waals surface area (Å²) in [6, 6.07) is 3.69. The second kappa shape index (κ2) is 7.76. The van der Waals surface area contributed by atoms with Gasteiger partial charge in [-0.05, 0) is 44.0 Å². The molecule has 2 aliphatic heterocycles. The van der Waals surface area contributed by atoms with Crippen molar-refractivity contribution >= 4 is 31.9 Å². The number of halogens is 2. The highest BCUT2D eigenvalue weighted by Crippen LogP contribution is 2.27. The lowest BCUT2D eigenvalue weighted by Crippen LogP contribution is -1.94. The van der Waals surface area contributed by atoms with Gasteiger partial charge in [0.1, 0.15) is 12.5 Å². The Hall–Kier alpha value is -0.640. The van der Waals surface area contributed by atoms with Gasteiger partial charge in [-0.15, -0.1) is 0 Å². The van der Waals surface area contributed by atoms with E-state index >= 15 is 0 Å². The molecule has 2 saturated heterocycles. The Balaban J connectivity index is 0.000000131. The zero-order valence-electron chi connectivity index (χ0n) is 11.5. The van der Waals surface area contributed by atoms with Crippen molar-refractivity contribution in [3.05, 3.63) is 45.1 Å². The molecule has 2 aliphatic rings. The molecule has 2 aromatic rings.